The van der Waals surface area contributed by atoms with Crippen LogP contribution in [-0.2, 0) is 14.7 Å². The maximum atomic E-state index is 13.1. The summed E-state index contributed by atoms with van der Waals surface area (Å²) in [7, 11) is -4.73. The number of carbonyl (C=O) groups is 1. The van der Waals surface area contributed by atoms with E-state index in [0.29, 0.717) is 27.5 Å². The van der Waals surface area contributed by atoms with Gasteiger partial charge in [0.1, 0.15) is 0 Å². The molecule has 0 radical (unpaired) electrons. The normalized spacial score (nSPS) is 18.3. The smallest absolute Gasteiger partial charge is 0.307 e. The van der Waals surface area contributed by atoms with Gasteiger partial charge in [0, 0.05) is 28.6 Å². The fourth-order valence-electron chi connectivity index (χ4n) is 3.05. The van der Waals surface area contributed by atoms with Gasteiger partial charge in [-0.05, 0) is 36.8 Å². The lowest BCUT2D eigenvalue weighted by atomic mass is 9.91. The molecule has 3 rings (SSSR count). The fourth-order valence-corrected chi connectivity index (χ4v) is 3.39. The van der Waals surface area contributed by atoms with E-state index in [1.165, 1.54) is 0 Å². The van der Waals surface area contributed by atoms with Crippen LogP contribution in [0.25, 0.3) is 0 Å². The Labute approximate surface area is 162 Å². The fraction of sp³-hybridized carbons (Fsp3) is 0.222. The van der Waals surface area contributed by atoms with E-state index in [-0.39, 0.29) is 18.4 Å². The Hall–Kier alpha value is -2.42. The highest BCUT2D eigenvalue weighted by Crippen LogP contribution is 2.34. The Kier molecular flexibility index (Phi) is 5.23. The van der Waals surface area contributed by atoms with Gasteiger partial charge in [-0.3, -0.25) is 9.35 Å². The van der Waals surface area contributed by atoms with E-state index in [9.17, 15) is 13.2 Å². The number of amides is 1. The van der Waals surface area contributed by atoms with Crippen molar-refractivity contribution in [2.45, 2.75) is 13.8 Å². The van der Waals surface area contributed by atoms with Crippen LogP contribution >= 0.6 is 11.6 Å². The van der Waals surface area contributed by atoms with Crippen molar-refractivity contribution < 1.29 is 22.0 Å². The second-order valence-electron chi connectivity index (χ2n) is 6.27. The van der Waals surface area contributed by atoms with Crippen LogP contribution in [0.15, 0.2) is 47.6 Å². The van der Waals surface area contributed by atoms with Gasteiger partial charge in [0.05, 0.1) is 11.4 Å². The van der Waals surface area contributed by atoms with Crippen LogP contribution in [0.1, 0.15) is 28.4 Å². The van der Waals surface area contributed by atoms with Gasteiger partial charge >= 0.3 is 10.4 Å². The first kappa shape index (κ1) is 19.3. The van der Waals surface area contributed by atoms with Crippen LogP contribution in [-0.4, -0.2) is 31.1 Å². The number of carbonyl (C=O) groups excluding carboxylic acids is 1. The molecule has 2 aromatic rings. The molecular formula is C18H17ClN2O5S. The Bertz CT molecular complexity index is 1040. The molecule has 142 valence electrons. The van der Waals surface area contributed by atoms with E-state index in [0.717, 1.165) is 5.56 Å². The molecule has 1 atom stereocenters. The van der Waals surface area contributed by atoms with Crippen LogP contribution in [0.5, 0.6) is 0 Å². The van der Waals surface area contributed by atoms with Crippen molar-refractivity contribution >= 4 is 39.3 Å². The summed E-state index contributed by atoms with van der Waals surface area (Å²) in [4.78, 5) is 14.7. The van der Waals surface area contributed by atoms with E-state index in [2.05, 4.69) is 9.44 Å². The molecule has 0 saturated heterocycles. The van der Waals surface area contributed by atoms with Crippen molar-refractivity contribution in [3.05, 3.63) is 64.2 Å². The predicted octanol–water partition coefficient (Wildman–Crippen LogP) is 3.47. The zero-order chi connectivity index (χ0) is 19.8. The maximum absolute atomic E-state index is 13.1. The zero-order valence-corrected chi connectivity index (χ0v) is 16.2. The van der Waals surface area contributed by atoms with E-state index in [1.807, 2.05) is 19.1 Å². The number of anilines is 1. The molecule has 1 heterocycles. The number of fused-ring (bicyclic) bond motifs is 1. The molecule has 1 amide bonds. The molecule has 27 heavy (non-hydrogen) atoms. The standard InChI is InChI=1S/C18H17ClN2O5S/c1-11-5-3-4-6-14(11)18(22)21-10-12(2)17(20-26-27(23,24)25)15-8-7-13(19)9-16(15)21/h3-9,12H,10H2,1-2H3,(H,23,24,25)/b20-17+. The Morgan fingerprint density at radius 2 is 2.00 bits per heavy atom. The quantitative estimate of drug-likeness (QED) is 0.619. The summed E-state index contributed by atoms with van der Waals surface area (Å²) in [5, 5.41) is 4.01. The average molecular weight is 409 g/mol. The van der Waals surface area contributed by atoms with Gasteiger partial charge in [-0.15, -0.1) is 0 Å². The Balaban J connectivity index is 2.09. The highest BCUT2D eigenvalue weighted by molar-refractivity contribution is 7.80. The minimum absolute atomic E-state index is 0.196. The molecule has 0 spiro atoms. The van der Waals surface area contributed by atoms with Gasteiger partial charge in [0.25, 0.3) is 5.91 Å². The summed E-state index contributed by atoms with van der Waals surface area (Å²) >= 11 is 6.11. The highest BCUT2D eigenvalue weighted by atomic mass is 35.5. The Morgan fingerprint density at radius 3 is 2.67 bits per heavy atom. The molecule has 1 aliphatic heterocycles. The summed E-state index contributed by atoms with van der Waals surface area (Å²) in [6, 6.07) is 12.1. The summed E-state index contributed by atoms with van der Waals surface area (Å²) < 4.78 is 34.8. The third-order valence-corrected chi connectivity index (χ3v) is 4.80. The number of aryl methyl sites for hydroxylation is 1. The van der Waals surface area contributed by atoms with Gasteiger partial charge in [0.15, 0.2) is 0 Å². The molecular weight excluding hydrogens is 392 g/mol. The molecule has 7 nitrogen and oxygen atoms in total. The van der Waals surface area contributed by atoms with Crippen LogP contribution < -0.4 is 4.90 Å². The minimum atomic E-state index is -4.73. The maximum Gasteiger partial charge on any atom is 0.466 e. The lowest BCUT2D eigenvalue weighted by Gasteiger charge is -2.34. The van der Waals surface area contributed by atoms with Crippen LogP contribution in [0, 0.1) is 12.8 Å². The summed E-state index contributed by atoms with van der Waals surface area (Å²) in [5.74, 6) is -0.536. The van der Waals surface area contributed by atoms with Gasteiger partial charge in [-0.25, -0.2) is 4.28 Å². The van der Waals surface area contributed by atoms with E-state index in [1.54, 1.807) is 42.2 Å². The number of rotatable bonds is 3. The van der Waals surface area contributed by atoms with Crippen molar-refractivity contribution in [3.63, 3.8) is 0 Å². The molecule has 2 aromatic carbocycles. The third-order valence-electron chi connectivity index (χ3n) is 4.30. The summed E-state index contributed by atoms with van der Waals surface area (Å²) in [5.41, 5.74) is 2.70. The predicted molar refractivity (Wildman–Crippen MR) is 103 cm³/mol. The Morgan fingerprint density at radius 1 is 1.30 bits per heavy atom. The summed E-state index contributed by atoms with van der Waals surface area (Å²) in [6.07, 6.45) is 0. The number of nitrogens with zero attached hydrogens (tertiary/aromatic N) is 2. The first-order valence-corrected chi connectivity index (χ1v) is 9.83. The molecule has 0 bridgehead atoms. The van der Waals surface area contributed by atoms with E-state index in [4.69, 9.17) is 16.2 Å². The van der Waals surface area contributed by atoms with Crippen LogP contribution in [0.3, 0.4) is 0 Å². The largest absolute Gasteiger partial charge is 0.466 e. The second-order valence-corrected chi connectivity index (χ2v) is 7.71. The van der Waals surface area contributed by atoms with E-state index < -0.39 is 10.4 Å². The van der Waals surface area contributed by atoms with Gasteiger partial charge in [0.2, 0.25) is 0 Å². The van der Waals surface area contributed by atoms with Crippen molar-refractivity contribution in [1.29, 1.82) is 0 Å². The van der Waals surface area contributed by atoms with Gasteiger partial charge < -0.3 is 4.90 Å². The molecule has 0 aliphatic carbocycles. The number of hydrogen-bond donors (Lipinski definition) is 1. The molecule has 9 heteroatoms. The molecule has 0 aromatic heterocycles. The van der Waals surface area contributed by atoms with Crippen molar-refractivity contribution in [2.75, 3.05) is 11.4 Å². The van der Waals surface area contributed by atoms with Crippen molar-refractivity contribution in [2.24, 2.45) is 11.1 Å². The number of oxime groups is 1. The zero-order valence-electron chi connectivity index (χ0n) is 14.6. The number of benzene rings is 2. The second kappa shape index (κ2) is 7.30. The van der Waals surface area contributed by atoms with Crippen molar-refractivity contribution in [1.82, 2.24) is 0 Å². The average Bonchev–Trinajstić information content (AvgIpc) is 2.59. The van der Waals surface area contributed by atoms with Crippen molar-refractivity contribution in [3.8, 4) is 0 Å². The monoisotopic (exact) mass is 408 g/mol. The van der Waals surface area contributed by atoms with Crippen LogP contribution in [0.2, 0.25) is 5.02 Å². The minimum Gasteiger partial charge on any atom is -0.307 e. The molecule has 0 fully saturated rings. The number of hydrogen-bond acceptors (Lipinski definition) is 5. The number of halogens is 1. The molecule has 1 aliphatic rings. The van der Waals surface area contributed by atoms with Crippen LogP contribution in [0.4, 0.5) is 5.69 Å². The first-order valence-electron chi connectivity index (χ1n) is 8.08. The lowest BCUT2D eigenvalue weighted by Crippen LogP contribution is -2.42. The molecule has 1 N–H and O–H groups in total. The molecule has 1 unspecified atom stereocenters. The van der Waals surface area contributed by atoms with E-state index >= 15 is 0 Å². The summed E-state index contributed by atoms with van der Waals surface area (Å²) in [6.45, 7) is 3.88. The lowest BCUT2D eigenvalue weighted by molar-refractivity contribution is 0.0983. The van der Waals surface area contributed by atoms with Gasteiger partial charge in [-0.1, -0.05) is 41.9 Å². The molecule has 0 saturated carbocycles. The SMILES string of the molecule is Cc1ccccc1C(=O)N1CC(C)/C(=N\OS(=O)(=O)O)c2ccc(Cl)cc21. The third kappa shape index (κ3) is 4.13. The topological polar surface area (TPSA) is 96.3 Å². The first-order chi connectivity index (χ1) is 12.7. The highest BCUT2D eigenvalue weighted by Gasteiger charge is 2.33. The van der Waals surface area contributed by atoms with Gasteiger partial charge in [-0.2, -0.15) is 8.42 Å².